The molecular weight excluding hydrogens is 246 g/mol. The van der Waals surface area contributed by atoms with Gasteiger partial charge in [-0.25, -0.2) is 0 Å². The van der Waals surface area contributed by atoms with E-state index >= 15 is 0 Å². The van der Waals surface area contributed by atoms with Gasteiger partial charge in [-0.05, 0) is 19.8 Å². The smallest absolute Gasteiger partial charge is 0.306 e. The summed E-state index contributed by atoms with van der Waals surface area (Å²) in [6.45, 7) is 3.61. The van der Waals surface area contributed by atoms with Crippen LogP contribution in [0.3, 0.4) is 0 Å². The molecular formula is C13H21N3O3. The third-order valence-electron chi connectivity index (χ3n) is 3.04. The van der Waals surface area contributed by atoms with Crippen molar-refractivity contribution in [1.29, 1.82) is 0 Å². The van der Waals surface area contributed by atoms with E-state index in [4.69, 9.17) is 5.11 Å². The Balaban J connectivity index is 2.29. The van der Waals surface area contributed by atoms with Crippen LogP contribution in [0.2, 0.25) is 0 Å². The van der Waals surface area contributed by atoms with Crippen molar-refractivity contribution in [3.8, 4) is 0 Å². The molecule has 1 aromatic heterocycles. The van der Waals surface area contributed by atoms with Gasteiger partial charge in [-0.2, -0.15) is 5.10 Å². The fourth-order valence-electron chi connectivity index (χ4n) is 1.77. The Morgan fingerprint density at radius 3 is 2.63 bits per heavy atom. The number of rotatable bonds is 7. The lowest BCUT2D eigenvalue weighted by molar-refractivity contribution is -0.141. The summed E-state index contributed by atoms with van der Waals surface area (Å²) < 4.78 is 1.58. The number of amides is 1. The van der Waals surface area contributed by atoms with E-state index < -0.39 is 5.97 Å². The second-order valence-corrected chi connectivity index (χ2v) is 4.95. The second-order valence-electron chi connectivity index (χ2n) is 4.95. The van der Waals surface area contributed by atoms with Crippen LogP contribution in [0.1, 0.15) is 43.5 Å². The van der Waals surface area contributed by atoms with Crippen molar-refractivity contribution in [3.63, 3.8) is 0 Å². The fraction of sp³-hybridized carbons (Fsp3) is 0.615. The molecule has 0 fully saturated rings. The second kappa shape index (κ2) is 6.92. The quantitative estimate of drug-likeness (QED) is 0.782. The van der Waals surface area contributed by atoms with Gasteiger partial charge < -0.3 is 10.4 Å². The molecule has 2 unspecified atom stereocenters. The monoisotopic (exact) mass is 267 g/mol. The Bertz CT molecular complexity index is 442. The molecule has 1 rings (SSSR count). The minimum Gasteiger partial charge on any atom is -0.481 e. The summed E-state index contributed by atoms with van der Waals surface area (Å²) in [5.74, 6) is -1.25. The first-order valence-corrected chi connectivity index (χ1v) is 6.42. The van der Waals surface area contributed by atoms with Crippen LogP contribution in [0.5, 0.6) is 0 Å². The van der Waals surface area contributed by atoms with Gasteiger partial charge in [0.1, 0.15) is 0 Å². The van der Waals surface area contributed by atoms with E-state index in [2.05, 4.69) is 10.4 Å². The first-order chi connectivity index (χ1) is 8.90. The molecule has 0 aliphatic heterocycles. The minimum absolute atomic E-state index is 0.0219. The molecule has 1 amide bonds. The van der Waals surface area contributed by atoms with Gasteiger partial charge in [0, 0.05) is 19.3 Å². The molecule has 6 heteroatoms. The number of carboxylic acids is 1. The number of aryl methyl sites for hydroxylation is 1. The molecule has 0 bridgehead atoms. The molecule has 2 atom stereocenters. The van der Waals surface area contributed by atoms with Crippen LogP contribution >= 0.6 is 0 Å². The number of carbonyl (C=O) groups excluding carboxylic acids is 1. The minimum atomic E-state index is -0.771. The summed E-state index contributed by atoms with van der Waals surface area (Å²) in [6.07, 6.45) is 5.36. The number of hydrogen-bond acceptors (Lipinski definition) is 3. The van der Waals surface area contributed by atoms with Crippen LogP contribution < -0.4 is 5.32 Å². The summed E-state index contributed by atoms with van der Waals surface area (Å²) in [7, 11) is 1.76. The van der Waals surface area contributed by atoms with Crippen LogP contribution in [0.4, 0.5) is 0 Å². The summed E-state index contributed by atoms with van der Waals surface area (Å²) in [4.78, 5) is 22.5. The van der Waals surface area contributed by atoms with Crippen molar-refractivity contribution < 1.29 is 14.7 Å². The number of aromatic nitrogens is 2. The molecule has 6 nitrogen and oxygen atoms in total. The molecule has 2 N–H and O–H groups in total. The van der Waals surface area contributed by atoms with Gasteiger partial charge in [-0.1, -0.05) is 13.3 Å². The van der Waals surface area contributed by atoms with Gasteiger partial charge in [-0.3, -0.25) is 14.3 Å². The summed E-state index contributed by atoms with van der Waals surface area (Å²) in [6, 6.07) is 0.0219. The maximum absolute atomic E-state index is 11.8. The third kappa shape index (κ3) is 5.11. The number of aliphatic carboxylic acids is 1. The standard InChI is InChI=1S/C13H21N3O3/c1-9(13(18)19)5-4-6-10(2)15-12(17)11-7-14-16(3)8-11/h7-10H,4-6H2,1-3H3,(H,15,17)(H,18,19). The zero-order valence-electron chi connectivity index (χ0n) is 11.6. The molecule has 0 radical (unpaired) electrons. The molecule has 1 heterocycles. The highest BCUT2D eigenvalue weighted by atomic mass is 16.4. The van der Waals surface area contributed by atoms with E-state index in [1.165, 1.54) is 6.20 Å². The van der Waals surface area contributed by atoms with Gasteiger partial charge >= 0.3 is 5.97 Å². The van der Waals surface area contributed by atoms with Gasteiger partial charge in [-0.15, -0.1) is 0 Å². The van der Waals surface area contributed by atoms with Gasteiger partial charge in [0.2, 0.25) is 0 Å². The van der Waals surface area contributed by atoms with Crippen molar-refractivity contribution in [2.45, 2.75) is 39.2 Å². The maximum Gasteiger partial charge on any atom is 0.306 e. The largest absolute Gasteiger partial charge is 0.481 e. The molecule has 0 aromatic carbocycles. The lowest BCUT2D eigenvalue weighted by Crippen LogP contribution is -2.32. The Kier molecular flexibility index (Phi) is 5.54. The Hall–Kier alpha value is -1.85. The predicted molar refractivity (Wildman–Crippen MR) is 70.8 cm³/mol. The molecule has 0 saturated heterocycles. The Morgan fingerprint density at radius 1 is 1.42 bits per heavy atom. The van der Waals surface area contributed by atoms with Gasteiger partial charge in [0.15, 0.2) is 0 Å². The van der Waals surface area contributed by atoms with E-state index in [1.807, 2.05) is 6.92 Å². The molecule has 0 aliphatic carbocycles. The van der Waals surface area contributed by atoms with Crippen LogP contribution in [-0.2, 0) is 11.8 Å². The first-order valence-electron chi connectivity index (χ1n) is 6.42. The summed E-state index contributed by atoms with van der Waals surface area (Å²) >= 11 is 0. The lowest BCUT2D eigenvalue weighted by Gasteiger charge is -2.13. The predicted octanol–water partition coefficient (Wildman–Crippen LogP) is 1.43. The summed E-state index contributed by atoms with van der Waals surface area (Å²) in [5.41, 5.74) is 0.535. The molecule has 106 valence electrons. The number of carboxylic acid groups (broad SMARTS) is 1. The summed E-state index contributed by atoms with van der Waals surface area (Å²) in [5, 5.41) is 15.6. The highest BCUT2D eigenvalue weighted by molar-refractivity contribution is 5.93. The molecule has 0 aliphatic rings. The number of carbonyl (C=O) groups is 2. The van der Waals surface area contributed by atoms with E-state index in [-0.39, 0.29) is 17.9 Å². The van der Waals surface area contributed by atoms with Gasteiger partial charge in [0.05, 0.1) is 17.7 Å². The van der Waals surface area contributed by atoms with Crippen LogP contribution in [0, 0.1) is 5.92 Å². The van der Waals surface area contributed by atoms with Crippen molar-refractivity contribution in [3.05, 3.63) is 18.0 Å². The molecule has 0 spiro atoms. The highest BCUT2D eigenvalue weighted by Crippen LogP contribution is 2.10. The zero-order valence-corrected chi connectivity index (χ0v) is 11.6. The van der Waals surface area contributed by atoms with Crippen LogP contribution in [0.15, 0.2) is 12.4 Å². The fourth-order valence-corrected chi connectivity index (χ4v) is 1.77. The third-order valence-corrected chi connectivity index (χ3v) is 3.04. The molecule has 0 saturated carbocycles. The van der Waals surface area contributed by atoms with E-state index in [0.29, 0.717) is 12.0 Å². The van der Waals surface area contributed by atoms with Crippen molar-refractivity contribution in [2.24, 2.45) is 13.0 Å². The molecule has 1 aromatic rings. The van der Waals surface area contributed by atoms with Crippen LogP contribution in [0.25, 0.3) is 0 Å². The average Bonchev–Trinajstić information content (AvgIpc) is 2.75. The molecule has 19 heavy (non-hydrogen) atoms. The number of nitrogens with one attached hydrogen (secondary N) is 1. The van der Waals surface area contributed by atoms with Crippen molar-refractivity contribution in [2.75, 3.05) is 0 Å². The SMILES string of the molecule is CC(CCCC(C)C(=O)O)NC(=O)c1cnn(C)c1. The van der Waals surface area contributed by atoms with Crippen molar-refractivity contribution >= 4 is 11.9 Å². The number of nitrogens with zero attached hydrogens (tertiary/aromatic N) is 2. The van der Waals surface area contributed by atoms with Crippen molar-refractivity contribution in [1.82, 2.24) is 15.1 Å². The van der Waals surface area contributed by atoms with E-state index in [1.54, 1.807) is 24.9 Å². The average molecular weight is 267 g/mol. The normalized spacial score (nSPS) is 13.8. The van der Waals surface area contributed by atoms with E-state index in [9.17, 15) is 9.59 Å². The number of hydrogen-bond donors (Lipinski definition) is 2. The topological polar surface area (TPSA) is 84.2 Å². The Labute approximate surface area is 112 Å². The lowest BCUT2D eigenvalue weighted by atomic mass is 10.0. The first kappa shape index (κ1) is 15.2. The zero-order chi connectivity index (χ0) is 14.4. The van der Waals surface area contributed by atoms with Crippen LogP contribution in [-0.4, -0.2) is 32.8 Å². The van der Waals surface area contributed by atoms with E-state index in [0.717, 1.165) is 12.8 Å². The highest BCUT2D eigenvalue weighted by Gasteiger charge is 2.13. The maximum atomic E-state index is 11.8. The van der Waals surface area contributed by atoms with Gasteiger partial charge in [0.25, 0.3) is 5.91 Å². The Morgan fingerprint density at radius 2 is 2.11 bits per heavy atom.